The summed E-state index contributed by atoms with van der Waals surface area (Å²) in [6.45, 7) is 4.86. The lowest BCUT2D eigenvalue weighted by atomic mass is 10.1. The zero-order valence-electron chi connectivity index (χ0n) is 12.4. The van der Waals surface area contributed by atoms with Gasteiger partial charge in [-0.05, 0) is 31.5 Å². The molecule has 5 nitrogen and oxygen atoms in total. The van der Waals surface area contributed by atoms with Crippen LogP contribution >= 0.6 is 0 Å². The summed E-state index contributed by atoms with van der Waals surface area (Å²) in [4.78, 5) is 7.36. The van der Waals surface area contributed by atoms with Crippen LogP contribution in [-0.2, 0) is 6.54 Å². The fourth-order valence-electron chi connectivity index (χ4n) is 2.06. The van der Waals surface area contributed by atoms with Crippen LogP contribution in [0.4, 0.5) is 0 Å². The van der Waals surface area contributed by atoms with Crippen molar-refractivity contribution in [1.82, 2.24) is 15.3 Å². The van der Waals surface area contributed by atoms with Crippen LogP contribution in [0.5, 0.6) is 11.5 Å². The zero-order chi connectivity index (χ0) is 14.5. The highest BCUT2D eigenvalue weighted by Crippen LogP contribution is 2.29. The van der Waals surface area contributed by atoms with E-state index < -0.39 is 0 Å². The Labute approximate surface area is 119 Å². The first-order valence-electron chi connectivity index (χ1n) is 6.60. The van der Waals surface area contributed by atoms with Crippen molar-refractivity contribution in [2.75, 3.05) is 14.2 Å². The van der Waals surface area contributed by atoms with Crippen LogP contribution in [-0.4, -0.2) is 24.2 Å². The average Bonchev–Trinajstić information content (AvgIpc) is 2.89. The minimum atomic E-state index is 0.200. The second-order valence-electron chi connectivity index (χ2n) is 4.69. The first kappa shape index (κ1) is 14.4. The van der Waals surface area contributed by atoms with Crippen LogP contribution < -0.4 is 14.8 Å². The van der Waals surface area contributed by atoms with Gasteiger partial charge in [0, 0.05) is 18.3 Å². The number of aromatic amines is 1. The fraction of sp³-hybridized carbons (Fsp3) is 0.400. The van der Waals surface area contributed by atoms with Crippen LogP contribution in [0.2, 0.25) is 0 Å². The van der Waals surface area contributed by atoms with Crippen molar-refractivity contribution in [3.63, 3.8) is 0 Å². The van der Waals surface area contributed by atoms with Gasteiger partial charge in [-0.2, -0.15) is 0 Å². The summed E-state index contributed by atoms with van der Waals surface area (Å²) >= 11 is 0. The standard InChI is InChI=1S/C15H21N3O2/c1-10(16-8-13-11(2)17-9-18-13)12-5-6-14(19-3)15(7-12)20-4/h5-7,9-10,16H,8H2,1-4H3,(H,17,18). The van der Waals surface area contributed by atoms with E-state index in [0.29, 0.717) is 0 Å². The molecule has 2 aromatic rings. The first-order chi connectivity index (χ1) is 9.65. The Morgan fingerprint density at radius 2 is 2.00 bits per heavy atom. The first-order valence-corrected chi connectivity index (χ1v) is 6.60. The lowest BCUT2D eigenvalue weighted by Gasteiger charge is -2.16. The molecule has 20 heavy (non-hydrogen) atoms. The molecule has 2 N–H and O–H groups in total. The van der Waals surface area contributed by atoms with Gasteiger partial charge in [-0.15, -0.1) is 0 Å². The molecule has 108 valence electrons. The summed E-state index contributed by atoms with van der Waals surface area (Å²) in [6.07, 6.45) is 1.72. The van der Waals surface area contributed by atoms with Gasteiger partial charge in [0.05, 0.1) is 26.2 Å². The molecule has 1 heterocycles. The molecule has 1 aromatic carbocycles. The van der Waals surface area contributed by atoms with E-state index in [0.717, 1.165) is 35.0 Å². The molecule has 0 aliphatic heterocycles. The Balaban J connectivity index is 2.05. The number of methoxy groups -OCH3 is 2. The van der Waals surface area contributed by atoms with Crippen molar-refractivity contribution < 1.29 is 9.47 Å². The summed E-state index contributed by atoms with van der Waals surface area (Å²) in [5, 5.41) is 3.45. The van der Waals surface area contributed by atoms with Crippen molar-refractivity contribution in [1.29, 1.82) is 0 Å². The molecule has 5 heteroatoms. The Hall–Kier alpha value is -2.01. The summed E-state index contributed by atoms with van der Waals surface area (Å²) in [5.41, 5.74) is 3.28. The van der Waals surface area contributed by atoms with Crippen LogP contribution in [0, 0.1) is 6.92 Å². The van der Waals surface area contributed by atoms with E-state index in [1.54, 1.807) is 20.5 Å². The maximum absolute atomic E-state index is 5.33. The minimum absolute atomic E-state index is 0.200. The smallest absolute Gasteiger partial charge is 0.161 e. The fourth-order valence-corrected chi connectivity index (χ4v) is 2.06. The highest BCUT2D eigenvalue weighted by Gasteiger charge is 2.10. The van der Waals surface area contributed by atoms with Gasteiger partial charge in [-0.25, -0.2) is 4.98 Å². The topological polar surface area (TPSA) is 59.2 Å². The van der Waals surface area contributed by atoms with E-state index >= 15 is 0 Å². The predicted octanol–water partition coefficient (Wildman–Crippen LogP) is 2.59. The molecule has 1 unspecified atom stereocenters. The molecule has 1 atom stereocenters. The largest absolute Gasteiger partial charge is 0.493 e. The van der Waals surface area contributed by atoms with Gasteiger partial charge in [0.15, 0.2) is 11.5 Å². The maximum atomic E-state index is 5.33. The quantitative estimate of drug-likeness (QED) is 0.850. The number of imidazole rings is 1. The van der Waals surface area contributed by atoms with Crippen molar-refractivity contribution in [3.05, 3.63) is 41.5 Å². The number of nitrogens with zero attached hydrogens (tertiary/aromatic N) is 1. The van der Waals surface area contributed by atoms with Crippen LogP contribution in [0.15, 0.2) is 24.5 Å². The number of aryl methyl sites for hydroxylation is 1. The number of H-pyrrole nitrogens is 1. The Kier molecular flexibility index (Phi) is 4.63. The molecule has 0 radical (unpaired) electrons. The predicted molar refractivity (Wildman–Crippen MR) is 78.1 cm³/mol. The molecule has 1 aromatic heterocycles. The highest BCUT2D eigenvalue weighted by atomic mass is 16.5. The number of hydrogen-bond donors (Lipinski definition) is 2. The van der Waals surface area contributed by atoms with Crippen LogP contribution in [0.1, 0.15) is 29.9 Å². The van der Waals surface area contributed by atoms with Gasteiger partial charge in [0.2, 0.25) is 0 Å². The van der Waals surface area contributed by atoms with Crippen molar-refractivity contribution in [2.45, 2.75) is 26.4 Å². The summed E-state index contributed by atoms with van der Waals surface area (Å²) in [7, 11) is 3.28. The number of aromatic nitrogens is 2. The molecule has 0 spiro atoms. The molecule has 0 amide bonds. The van der Waals surface area contributed by atoms with Crippen LogP contribution in [0.3, 0.4) is 0 Å². The van der Waals surface area contributed by atoms with E-state index in [-0.39, 0.29) is 6.04 Å². The molecule has 0 saturated heterocycles. The van der Waals surface area contributed by atoms with E-state index in [2.05, 4.69) is 22.2 Å². The van der Waals surface area contributed by atoms with Crippen molar-refractivity contribution >= 4 is 0 Å². The summed E-state index contributed by atoms with van der Waals surface area (Å²) in [5.74, 6) is 1.49. The van der Waals surface area contributed by atoms with Crippen molar-refractivity contribution in [2.24, 2.45) is 0 Å². The zero-order valence-corrected chi connectivity index (χ0v) is 12.4. The molecular formula is C15H21N3O2. The lowest BCUT2D eigenvalue weighted by Crippen LogP contribution is -2.18. The number of nitrogens with one attached hydrogen (secondary N) is 2. The Bertz CT molecular complexity index is 566. The van der Waals surface area contributed by atoms with E-state index in [9.17, 15) is 0 Å². The van der Waals surface area contributed by atoms with Gasteiger partial charge < -0.3 is 19.8 Å². The second-order valence-corrected chi connectivity index (χ2v) is 4.69. The monoisotopic (exact) mass is 275 g/mol. The lowest BCUT2D eigenvalue weighted by molar-refractivity contribution is 0.354. The van der Waals surface area contributed by atoms with Gasteiger partial charge in [-0.3, -0.25) is 0 Å². The third kappa shape index (κ3) is 3.11. The molecule has 0 aliphatic carbocycles. The number of benzene rings is 1. The number of rotatable bonds is 6. The molecular weight excluding hydrogens is 254 g/mol. The van der Waals surface area contributed by atoms with Gasteiger partial charge in [-0.1, -0.05) is 6.07 Å². The third-order valence-corrected chi connectivity index (χ3v) is 3.42. The third-order valence-electron chi connectivity index (χ3n) is 3.42. The van der Waals surface area contributed by atoms with E-state index in [4.69, 9.17) is 9.47 Å². The number of hydrogen-bond acceptors (Lipinski definition) is 4. The highest BCUT2D eigenvalue weighted by molar-refractivity contribution is 5.43. The Morgan fingerprint density at radius 3 is 2.60 bits per heavy atom. The maximum Gasteiger partial charge on any atom is 0.161 e. The molecule has 0 bridgehead atoms. The van der Waals surface area contributed by atoms with Gasteiger partial charge >= 0.3 is 0 Å². The van der Waals surface area contributed by atoms with Gasteiger partial charge in [0.25, 0.3) is 0 Å². The minimum Gasteiger partial charge on any atom is -0.493 e. The SMILES string of the molecule is COc1ccc(C(C)NCc2nc[nH]c2C)cc1OC. The normalized spacial score (nSPS) is 12.2. The molecule has 2 rings (SSSR count). The second kappa shape index (κ2) is 6.43. The molecule has 0 aliphatic rings. The molecule has 0 saturated carbocycles. The van der Waals surface area contributed by atoms with Crippen LogP contribution in [0.25, 0.3) is 0 Å². The van der Waals surface area contributed by atoms with Crippen molar-refractivity contribution in [3.8, 4) is 11.5 Å². The van der Waals surface area contributed by atoms with Gasteiger partial charge in [0.1, 0.15) is 0 Å². The molecule has 0 fully saturated rings. The summed E-state index contributed by atoms with van der Waals surface area (Å²) in [6, 6.07) is 6.15. The summed E-state index contributed by atoms with van der Waals surface area (Å²) < 4.78 is 10.6. The average molecular weight is 275 g/mol. The van der Waals surface area contributed by atoms with E-state index in [1.165, 1.54) is 0 Å². The van der Waals surface area contributed by atoms with E-state index in [1.807, 2.05) is 25.1 Å². The number of ether oxygens (including phenoxy) is 2. The Morgan fingerprint density at radius 1 is 1.25 bits per heavy atom.